The van der Waals surface area contributed by atoms with E-state index in [0.29, 0.717) is 5.11 Å². The van der Waals surface area contributed by atoms with Crippen molar-refractivity contribution in [2.75, 3.05) is 13.1 Å². The van der Waals surface area contributed by atoms with Gasteiger partial charge in [-0.25, -0.2) is 0 Å². The van der Waals surface area contributed by atoms with Gasteiger partial charge in [-0.3, -0.25) is 10.4 Å². The second kappa shape index (κ2) is 12.1. The van der Waals surface area contributed by atoms with Crippen molar-refractivity contribution in [2.45, 2.75) is 32.6 Å². The topological polar surface area (TPSA) is 40.5 Å². The Kier molecular flexibility index (Phi) is 10.8. The average molecular weight is 411 g/mol. The van der Waals surface area contributed by atoms with Crippen LogP contribution in [0.25, 0.3) is 0 Å². The van der Waals surface area contributed by atoms with Gasteiger partial charge in [0.05, 0.1) is 11.9 Å². The summed E-state index contributed by atoms with van der Waals surface area (Å²) >= 11 is 6.11. The Morgan fingerprint density at radius 1 is 1.32 bits per heavy atom. The fraction of sp³-hybridized carbons (Fsp3) is 0.500. The molecule has 0 aliphatic carbocycles. The van der Waals surface area contributed by atoms with Gasteiger partial charge in [0.2, 0.25) is 0 Å². The van der Waals surface area contributed by atoms with E-state index < -0.39 is 0 Å². The number of rotatable bonds is 2. The zero-order chi connectivity index (χ0) is 16.2. The van der Waals surface area contributed by atoms with E-state index in [1.54, 1.807) is 6.21 Å². The number of pyridine rings is 1. The number of thiocarbonyl (C=S) groups is 1. The molecule has 2 rings (SSSR count). The number of nitrogens with one attached hydrogen (secondary N) is 1. The first-order valence-corrected chi connectivity index (χ1v) is 10.00. The molecule has 1 aliphatic heterocycles. The van der Waals surface area contributed by atoms with Crippen molar-refractivity contribution in [1.29, 1.82) is 0 Å². The molecule has 1 N–H and O–H groups in total. The van der Waals surface area contributed by atoms with E-state index in [1.165, 1.54) is 25.7 Å². The number of nitrogens with zero attached hydrogens (tertiary/aromatic N) is 3. The van der Waals surface area contributed by atoms with Gasteiger partial charge in [-0.15, -0.1) is 0 Å². The SMILES string of the molecule is Cc1cccc(C=NNC(=S)N2CCCCCC2)n1.[Cl][Cu][Cl]. The third-order valence-electron chi connectivity index (χ3n) is 3.16. The maximum absolute atomic E-state index is 5.36. The minimum atomic E-state index is 0.714. The van der Waals surface area contributed by atoms with Crippen LogP contribution in [0.3, 0.4) is 0 Å². The number of hydrogen-bond acceptors (Lipinski definition) is 3. The van der Waals surface area contributed by atoms with E-state index in [9.17, 15) is 0 Å². The standard InChI is InChI=1S/C14H20N4S.2ClH.Cu/c1-12-7-6-8-13(16-12)11-15-17-14(19)18-9-4-2-3-5-10-18;;;/h6-8,11H,2-5,9-10H2,1H3,(H,17,19);2*1H;/q;;;+2/p-2. The fourth-order valence-electron chi connectivity index (χ4n) is 2.13. The van der Waals surface area contributed by atoms with Crippen LogP contribution in [0.1, 0.15) is 37.1 Å². The molecule has 0 bridgehead atoms. The number of likely N-dealkylation sites (tertiary alicyclic amines) is 1. The number of aromatic nitrogens is 1. The van der Waals surface area contributed by atoms with Gasteiger partial charge in [-0.1, -0.05) is 18.9 Å². The average Bonchev–Trinajstić information content (AvgIpc) is 2.77. The van der Waals surface area contributed by atoms with Crippen molar-refractivity contribution in [3.05, 3.63) is 29.6 Å². The molecule has 1 aliphatic rings. The summed E-state index contributed by atoms with van der Waals surface area (Å²) in [5, 5.41) is 4.88. The van der Waals surface area contributed by atoms with Gasteiger partial charge in [-0.2, -0.15) is 5.10 Å². The molecule has 0 amide bonds. The van der Waals surface area contributed by atoms with Crippen molar-refractivity contribution in [3.8, 4) is 0 Å². The molecular formula is C14H20Cl2CuN4S. The monoisotopic (exact) mass is 409 g/mol. The summed E-state index contributed by atoms with van der Waals surface area (Å²) in [6.45, 7) is 4.03. The molecule has 0 radical (unpaired) electrons. The van der Waals surface area contributed by atoms with E-state index in [2.05, 4.69) is 40.6 Å². The summed E-state index contributed by atoms with van der Waals surface area (Å²) in [5.41, 5.74) is 4.76. The first-order chi connectivity index (χ1) is 10.7. The molecule has 127 valence electrons. The molecule has 4 nitrogen and oxygen atoms in total. The quantitative estimate of drug-likeness (QED) is 0.348. The van der Waals surface area contributed by atoms with Crippen LogP contribution >= 0.6 is 32.4 Å². The van der Waals surface area contributed by atoms with Crippen molar-refractivity contribution >= 4 is 43.7 Å². The molecule has 0 unspecified atom stereocenters. The summed E-state index contributed by atoms with van der Waals surface area (Å²) < 4.78 is 0. The van der Waals surface area contributed by atoms with Crippen molar-refractivity contribution in [3.63, 3.8) is 0 Å². The van der Waals surface area contributed by atoms with Gasteiger partial charge in [0.25, 0.3) is 0 Å². The van der Waals surface area contributed by atoms with Crippen LogP contribution in [-0.2, 0) is 13.1 Å². The third kappa shape index (κ3) is 8.30. The van der Waals surface area contributed by atoms with E-state index in [1.807, 2.05) is 25.1 Å². The number of aryl methyl sites for hydroxylation is 1. The van der Waals surface area contributed by atoms with Crippen LogP contribution in [-0.4, -0.2) is 34.3 Å². The Labute approximate surface area is 152 Å². The predicted molar refractivity (Wildman–Crippen MR) is 94.0 cm³/mol. The van der Waals surface area contributed by atoms with Gasteiger partial charge < -0.3 is 4.90 Å². The van der Waals surface area contributed by atoms with Crippen LogP contribution in [0.15, 0.2) is 23.3 Å². The Hall–Kier alpha value is -0.391. The zero-order valence-corrected chi connectivity index (χ0v) is 15.6. The second-order valence-electron chi connectivity index (χ2n) is 4.82. The van der Waals surface area contributed by atoms with Gasteiger partial charge in [0.15, 0.2) is 5.11 Å². The van der Waals surface area contributed by atoms with Crippen molar-refractivity contribution in [1.82, 2.24) is 15.3 Å². The second-order valence-corrected chi connectivity index (χ2v) is 6.77. The van der Waals surface area contributed by atoms with Crippen molar-refractivity contribution < 1.29 is 13.1 Å². The number of hydrogen-bond donors (Lipinski definition) is 1. The van der Waals surface area contributed by atoms with Crippen LogP contribution in [0.5, 0.6) is 0 Å². The van der Waals surface area contributed by atoms with E-state index in [0.717, 1.165) is 37.6 Å². The zero-order valence-electron chi connectivity index (χ0n) is 12.4. The Balaban J connectivity index is 0.000000745. The molecule has 8 heteroatoms. The Morgan fingerprint density at radius 2 is 1.95 bits per heavy atom. The molecule has 2 heterocycles. The summed E-state index contributed by atoms with van der Waals surface area (Å²) in [6, 6.07) is 5.86. The number of hydrazone groups is 1. The molecule has 1 fully saturated rings. The van der Waals surface area contributed by atoms with Gasteiger partial charge >= 0.3 is 33.3 Å². The van der Waals surface area contributed by atoms with Crippen LogP contribution < -0.4 is 5.43 Å². The molecule has 1 aromatic heterocycles. The van der Waals surface area contributed by atoms with Gasteiger partial charge in [-0.05, 0) is 44.1 Å². The third-order valence-corrected chi connectivity index (χ3v) is 3.51. The molecule has 0 saturated carbocycles. The Morgan fingerprint density at radius 3 is 2.55 bits per heavy atom. The summed E-state index contributed by atoms with van der Waals surface area (Å²) in [4.78, 5) is 6.55. The van der Waals surface area contributed by atoms with Crippen LogP contribution in [0.2, 0.25) is 0 Å². The van der Waals surface area contributed by atoms with Gasteiger partial charge in [0, 0.05) is 18.8 Å². The Bertz CT molecular complexity index is 480. The summed E-state index contributed by atoms with van der Waals surface area (Å²) in [7, 11) is 9.34. The minimum absolute atomic E-state index is 0.714. The van der Waals surface area contributed by atoms with Crippen molar-refractivity contribution in [2.24, 2.45) is 5.10 Å². The fourth-order valence-corrected chi connectivity index (χ4v) is 2.37. The molecule has 0 spiro atoms. The normalized spacial score (nSPS) is 15.1. The molecule has 0 aromatic carbocycles. The molecular weight excluding hydrogens is 391 g/mol. The number of halogens is 2. The molecule has 0 atom stereocenters. The first kappa shape index (κ1) is 19.7. The maximum atomic E-state index is 5.36. The van der Waals surface area contributed by atoms with E-state index >= 15 is 0 Å². The first-order valence-electron chi connectivity index (χ1n) is 7.00. The van der Waals surface area contributed by atoms with E-state index in [4.69, 9.17) is 12.2 Å². The summed E-state index contributed by atoms with van der Waals surface area (Å²) in [6.07, 6.45) is 6.73. The molecule has 1 saturated heterocycles. The van der Waals surface area contributed by atoms with Crippen LogP contribution in [0.4, 0.5) is 0 Å². The predicted octanol–water partition coefficient (Wildman–Crippen LogP) is 3.85. The summed E-state index contributed by atoms with van der Waals surface area (Å²) in [5.74, 6) is 0. The van der Waals surface area contributed by atoms with Crippen LogP contribution in [0, 0.1) is 6.92 Å². The molecule has 22 heavy (non-hydrogen) atoms. The van der Waals surface area contributed by atoms with Gasteiger partial charge in [0.1, 0.15) is 0 Å². The van der Waals surface area contributed by atoms with E-state index in [-0.39, 0.29) is 0 Å². The molecule has 1 aromatic rings.